The monoisotopic (exact) mass is 310 g/mol. The van der Waals surface area contributed by atoms with Gasteiger partial charge in [0.2, 0.25) is 5.91 Å². The van der Waals surface area contributed by atoms with Crippen LogP contribution >= 0.6 is 15.9 Å². The van der Waals surface area contributed by atoms with Crippen LogP contribution in [0, 0.1) is 5.41 Å². The van der Waals surface area contributed by atoms with E-state index in [1.54, 1.807) is 6.20 Å². The van der Waals surface area contributed by atoms with Crippen LogP contribution in [0.25, 0.3) is 0 Å². The number of nitrogens with zero attached hydrogens (tertiary/aromatic N) is 2. The lowest BCUT2D eigenvalue weighted by molar-refractivity contribution is -0.131. The molecular formula is C14H19BrN2O. The van der Waals surface area contributed by atoms with E-state index >= 15 is 0 Å². The minimum Gasteiger partial charge on any atom is -0.337 e. The van der Waals surface area contributed by atoms with E-state index in [0.29, 0.717) is 13.0 Å². The third kappa shape index (κ3) is 3.55. The van der Waals surface area contributed by atoms with Gasteiger partial charge in [0, 0.05) is 23.6 Å². The smallest absolute Gasteiger partial charge is 0.222 e. The quantitative estimate of drug-likeness (QED) is 0.839. The number of aromatic nitrogens is 1. The molecular weight excluding hydrogens is 292 g/mol. The van der Waals surface area contributed by atoms with Crippen molar-refractivity contribution in [3.8, 4) is 0 Å². The van der Waals surface area contributed by atoms with Crippen molar-refractivity contribution < 1.29 is 4.79 Å². The Labute approximate surface area is 117 Å². The zero-order chi connectivity index (χ0) is 13.2. The number of hydrogen-bond donors (Lipinski definition) is 0. The van der Waals surface area contributed by atoms with Gasteiger partial charge in [-0.15, -0.1) is 0 Å². The first-order valence-corrected chi connectivity index (χ1v) is 7.14. The second kappa shape index (κ2) is 5.39. The topological polar surface area (TPSA) is 33.2 Å². The zero-order valence-corrected chi connectivity index (χ0v) is 12.5. The first-order chi connectivity index (χ1) is 8.46. The summed E-state index contributed by atoms with van der Waals surface area (Å²) in [7, 11) is 0. The lowest BCUT2D eigenvalue weighted by Crippen LogP contribution is -2.30. The Morgan fingerprint density at radius 1 is 1.39 bits per heavy atom. The first-order valence-electron chi connectivity index (χ1n) is 6.34. The predicted molar refractivity (Wildman–Crippen MR) is 75.0 cm³/mol. The highest BCUT2D eigenvalue weighted by Crippen LogP contribution is 2.30. The molecule has 0 aromatic carbocycles. The number of rotatable bonds is 2. The zero-order valence-electron chi connectivity index (χ0n) is 10.9. The van der Waals surface area contributed by atoms with Crippen molar-refractivity contribution in [1.82, 2.24) is 9.88 Å². The van der Waals surface area contributed by atoms with Gasteiger partial charge < -0.3 is 4.90 Å². The van der Waals surface area contributed by atoms with Gasteiger partial charge in [-0.3, -0.25) is 9.78 Å². The third-order valence-corrected chi connectivity index (χ3v) is 4.04. The Balaban J connectivity index is 2.04. The number of pyridine rings is 1. The molecule has 1 aromatic rings. The van der Waals surface area contributed by atoms with Crippen molar-refractivity contribution in [2.45, 2.75) is 39.7 Å². The minimum absolute atomic E-state index is 0.255. The van der Waals surface area contributed by atoms with Gasteiger partial charge in [0.05, 0.1) is 12.2 Å². The fraction of sp³-hybridized carbons (Fsp3) is 0.571. The molecule has 0 N–H and O–H groups in total. The van der Waals surface area contributed by atoms with E-state index in [-0.39, 0.29) is 11.3 Å². The number of halogens is 1. The number of amides is 1. The van der Waals surface area contributed by atoms with Gasteiger partial charge in [0.1, 0.15) is 0 Å². The van der Waals surface area contributed by atoms with Gasteiger partial charge >= 0.3 is 0 Å². The average Bonchev–Trinajstić information content (AvgIpc) is 2.45. The molecule has 0 atom stereocenters. The van der Waals surface area contributed by atoms with Crippen molar-refractivity contribution in [3.63, 3.8) is 0 Å². The van der Waals surface area contributed by atoms with Gasteiger partial charge in [0.25, 0.3) is 0 Å². The van der Waals surface area contributed by atoms with Crippen molar-refractivity contribution >= 4 is 21.8 Å². The van der Waals surface area contributed by atoms with Crippen LogP contribution in [-0.2, 0) is 11.3 Å². The maximum atomic E-state index is 12.1. The lowest BCUT2D eigenvalue weighted by Gasteiger charge is -2.23. The Kier molecular flexibility index (Phi) is 4.05. The molecule has 1 amide bonds. The van der Waals surface area contributed by atoms with E-state index in [2.05, 4.69) is 34.8 Å². The third-order valence-electron chi connectivity index (χ3n) is 3.57. The fourth-order valence-electron chi connectivity index (χ4n) is 2.15. The van der Waals surface area contributed by atoms with Crippen molar-refractivity contribution in [2.75, 3.05) is 6.54 Å². The molecule has 3 nitrogen and oxygen atoms in total. The number of likely N-dealkylation sites (tertiary alicyclic amines) is 1. The highest BCUT2D eigenvalue weighted by Gasteiger charge is 2.27. The number of hydrogen-bond acceptors (Lipinski definition) is 2. The highest BCUT2D eigenvalue weighted by molar-refractivity contribution is 9.10. The summed E-state index contributed by atoms with van der Waals surface area (Å²) in [6.45, 7) is 5.94. The average molecular weight is 311 g/mol. The van der Waals surface area contributed by atoms with Gasteiger partial charge in [-0.1, -0.05) is 13.8 Å². The molecule has 18 heavy (non-hydrogen) atoms. The highest BCUT2D eigenvalue weighted by atomic mass is 79.9. The Morgan fingerprint density at radius 2 is 2.17 bits per heavy atom. The summed E-state index contributed by atoms with van der Waals surface area (Å²) >= 11 is 3.37. The maximum Gasteiger partial charge on any atom is 0.222 e. The SMILES string of the molecule is CC1(C)CCC(=O)N(Cc2ccc(Br)cn2)CC1. The normalized spacial score (nSPS) is 19.7. The molecule has 1 saturated heterocycles. The van der Waals surface area contributed by atoms with E-state index in [0.717, 1.165) is 29.6 Å². The summed E-state index contributed by atoms with van der Waals surface area (Å²) < 4.78 is 0.967. The summed E-state index contributed by atoms with van der Waals surface area (Å²) in [5, 5.41) is 0. The molecule has 0 unspecified atom stereocenters. The summed E-state index contributed by atoms with van der Waals surface area (Å²) in [6, 6.07) is 3.93. The lowest BCUT2D eigenvalue weighted by atomic mass is 9.85. The Bertz CT molecular complexity index is 428. The molecule has 1 aromatic heterocycles. The van der Waals surface area contributed by atoms with Crippen LogP contribution < -0.4 is 0 Å². The number of carbonyl (C=O) groups excluding carboxylic acids is 1. The van der Waals surface area contributed by atoms with Crippen LogP contribution in [0.1, 0.15) is 38.8 Å². The van der Waals surface area contributed by atoms with E-state index in [1.807, 2.05) is 17.0 Å². The van der Waals surface area contributed by atoms with Gasteiger partial charge in [-0.2, -0.15) is 0 Å². The van der Waals surface area contributed by atoms with Crippen LogP contribution in [0.2, 0.25) is 0 Å². The standard InChI is InChI=1S/C14H19BrN2O/c1-14(2)6-5-13(18)17(8-7-14)10-12-4-3-11(15)9-16-12/h3-4,9H,5-8,10H2,1-2H3. The van der Waals surface area contributed by atoms with Crippen molar-refractivity contribution in [3.05, 3.63) is 28.5 Å². The molecule has 4 heteroatoms. The van der Waals surface area contributed by atoms with Crippen LogP contribution in [0.15, 0.2) is 22.8 Å². The van der Waals surface area contributed by atoms with Gasteiger partial charge in [-0.25, -0.2) is 0 Å². The van der Waals surface area contributed by atoms with Crippen molar-refractivity contribution in [2.24, 2.45) is 5.41 Å². The Hall–Kier alpha value is -0.900. The van der Waals surface area contributed by atoms with E-state index in [1.165, 1.54) is 0 Å². The first kappa shape index (κ1) is 13.5. The summed E-state index contributed by atoms with van der Waals surface area (Å²) in [5.41, 5.74) is 1.23. The maximum absolute atomic E-state index is 12.1. The molecule has 0 spiro atoms. The summed E-state index contributed by atoms with van der Waals surface area (Å²) in [6.07, 6.45) is 4.48. The molecule has 0 bridgehead atoms. The molecule has 0 aliphatic carbocycles. The second-order valence-corrected chi connectivity index (χ2v) is 6.61. The minimum atomic E-state index is 0.255. The van der Waals surface area contributed by atoms with E-state index in [9.17, 15) is 4.79 Å². The second-order valence-electron chi connectivity index (χ2n) is 5.70. The van der Waals surface area contributed by atoms with Crippen LogP contribution in [0.3, 0.4) is 0 Å². The van der Waals surface area contributed by atoms with Gasteiger partial charge in [-0.05, 0) is 46.3 Å². The van der Waals surface area contributed by atoms with Crippen LogP contribution in [0.5, 0.6) is 0 Å². The predicted octanol–water partition coefficient (Wildman–Crippen LogP) is 3.38. The fourth-order valence-corrected chi connectivity index (χ4v) is 2.39. The summed E-state index contributed by atoms with van der Waals surface area (Å²) in [5.74, 6) is 0.255. The molecule has 2 heterocycles. The van der Waals surface area contributed by atoms with Crippen LogP contribution in [0.4, 0.5) is 0 Å². The van der Waals surface area contributed by atoms with Crippen molar-refractivity contribution in [1.29, 1.82) is 0 Å². The molecule has 1 aliphatic rings. The molecule has 2 rings (SSSR count). The molecule has 98 valence electrons. The Morgan fingerprint density at radius 3 is 2.83 bits per heavy atom. The molecule has 0 radical (unpaired) electrons. The molecule has 0 saturated carbocycles. The largest absolute Gasteiger partial charge is 0.337 e. The number of carbonyl (C=O) groups is 1. The van der Waals surface area contributed by atoms with Gasteiger partial charge in [0.15, 0.2) is 0 Å². The molecule has 1 fully saturated rings. The molecule has 1 aliphatic heterocycles. The van der Waals surface area contributed by atoms with Crippen LogP contribution in [-0.4, -0.2) is 22.3 Å². The summed E-state index contributed by atoms with van der Waals surface area (Å²) in [4.78, 5) is 18.3. The van der Waals surface area contributed by atoms with E-state index < -0.39 is 0 Å². The van der Waals surface area contributed by atoms with E-state index in [4.69, 9.17) is 0 Å².